The topological polar surface area (TPSA) is 144 Å². The molecule has 11 nitrogen and oxygen atoms in total. The Morgan fingerprint density at radius 2 is 1.78 bits per heavy atom. The van der Waals surface area contributed by atoms with E-state index >= 15 is 0 Å². The number of nitrogens with one attached hydrogen (secondary N) is 1. The number of hydrogen-bond donors (Lipinski definition) is 2. The highest BCUT2D eigenvalue weighted by atomic mass is 19.4. The highest BCUT2D eigenvalue weighted by molar-refractivity contribution is 5.83. The van der Waals surface area contributed by atoms with Gasteiger partial charge in [-0.05, 0) is 5.56 Å². The molecule has 41 heavy (non-hydrogen) atoms. The fourth-order valence-electron chi connectivity index (χ4n) is 4.23. The number of carbonyl (C=O) groups excluding carboxylic acids is 2. The van der Waals surface area contributed by atoms with Crippen molar-refractivity contribution in [2.45, 2.75) is 24.8 Å². The lowest BCUT2D eigenvalue weighted by Gasteiger charge is -2.38. The molecule has 2 aromatic heterocycles. The molecule has 1 aliphatic rings. The van der Waals surface area contributed by atoms with E-state index in [1.54, 1.807) is 30.2 Å². The first-order valence-electron chi connectivity index (χ1n) is 12.5. The Hall–Kier alpha value is -4.56. The summed E-state index contributed by atoms with van der Waals surface area (Å²) in [5.74, 6) is -2.09. The van der Waals surface area contributed by atoms with Crippen LogP contribution in [0.15, 0.2) is 63.6 Å². The molecule has 1 atom stereocenters. The molecule has 1 saturated heterocycles. The molecule has 3 heterocycles. The van der Waals surface area contributed by atoms with Crippen LogP contribution in [0.2, 0.25) is 0 Å². The first kappa shape index (κ1) is 28.0. The summed E-state index contributed by atoms with van der Waals surface area (Å²) >= 11 is 0. The number of amides is 2. The standard InChI is InChI=1S/C27H24F3N5O6/c1-39-18-13-35(14-18)19(36)11-12-31-25(38)22(37)16-7-9-17(10-8-16)24-32-26(41-34-24)23-20(27(28,29)30)21(33-40-23)15-5-3-2-4-6-15/h2-10,18,22,37H,11-14H2,1H3,(H,31,38)/t22-/m0/s1. The van der Waals surface area contributed by atoms with Gasteiger partial charge < -0.3 is 29.1 Å². The Morgan fingerprint density at radius 3 is 2.44 bits per heavy atom. The Bertz CT molecular complexity index is 1510. The van der Waals surface area contributed by atoms with E-state index in [-0.39, 0.29) is 41.9 Å². The van der Waals surface area contributed by atoms with Gasteiger partial charge in [-0.25, -0.2) is 0 Å². The molecule has 214 valence electrons. The van der Waals surface area contributed by atoms with Crippen LogP contribution in [-0.4, -0.2) is 70.0 Å². The maximum Gasteiger partial charge on any atom is 0.422 e. The van der Waals surface area contributed by atoms with Gasteiger partial charge in [0.15, 0.2) is 6.10 Å². The molecule has 2 N–H and O–H groups in total. The summed E-state index contributed by atoms with van der Waals surface area (Å²) in [4.78, 5) is 30.1. The van der Waals surface area contributed by atoms with E-state index in [0.717, 1.165) is 0 Å². The zero-order valence-electron chi connectivity index (χ0n) is 21.6. The van der Waals surface area contributed by atoms with Crippen LogP contribution in [0.3, 0.4) is 0 Å². The van der Waals surface area contributed by atoms with Crippen molar-refractivity contribution in [3.63, 3.8) is 0 Å². The summed E-state index contributed by atoms with van der Waals surface area (Å²) in [6.45, 7) is 1.08. The molecule has 4 aromatic rings. The molecule has 0 bridgehead atoms. The molecule has 2 aromatic carbocycles. The second-order valence-corrected chi connectivity index (χ2v) is 9.24. The zero-order chi connectivity index (χ0) is 29.1. The summed E-state index contributed by atoms with van der Waals surface area (Å²) in [6.07, 6.45) is -6.21. The number of methoxy groups -OCH3 is 1. The fourth-order valence-corrected chi connectivity index (χ4v) is 4.23. The third-order valence-electron chi connectivity index (χ3n) is 6.55. The summed E-state index contributed by atoms with van der Waals surface area (Å²) in [5.41, 5.74) is -0.754. The molecule has 0 saturated carbocycles. The van der Waals surface area contributed by atoms with Crippen molar-refractivity contribution in [3.05, 3.63) is 65.7 Å². The summed E-state index contributed by atoms with van der Waals surface area (Å²) in [5, 5.41) is 20.3. The Kier molecular flexibility index (Phi) is 7.85. The molecule has 2 amide bonds. The van der Waals surface area contributed by atoms with Gasteiger partial charge in [-0.2, -0.15) is 18.2 Å². The van der Waals surface area contributed by atoms with Gasteiger partial charge >= 0.3 is 6.18 Å². The predicted molar refractivity (Wildman–Crippen MR) is 136 cm³/mol. The van der Waals surface area contributed by atoms with Crippen molar-refractivity contribution in [3.8, 4) is 34.3 Å². The third-order valence-corrected chi connectivity index (χ3v) is 6.55. The highest BCUT2D eigenvalue weighted by Crippen LogP contribution is 2.43. The largest absolute Gasteiger partial charge is 0.422 e. The second kappa shape index (κ2) is 11.5. The highest BCUT2D eigenvalue weighted by Gasteiger charge is 2.43. The number of aromatic nitrogens is 3. The van der Waals surface area contributed by atoms with Gasteiger partial charge in [-0.3, -0.25) is 9.59 Å². The lowest BCUT2D eigenvalue weighted by molar-refractivity contribution is -0.143. The number of alkyl halides is 3. The van der Waals surface area contributed by atoms with Crippen molar-refractivity contribution in [1.29, 1.82) is 0 Å². The minimum Gasteiger partial charge on any atom is -0.378 e. The number of carbonyl (C=O) groups is 2. The summed E-state index contributed by atoms with van der Waals surface area (Å²) in [6, 6.07) is 13.6. The molecular formula is C27H24F3N5O6. The Balaban J connectivity index is 1.24. The number of halogens is 3. The van der Waals surface area contributed by atoms with Crippen LogP contribution in [0, 0.1) is 0 Å². The summed E-state index contributed by atoms with van der Waals surface area (Å²) < 4.78 is 57.1. The van der Waals surface area contributed by atoms with Gasteiger partial charge in [0.25, 0.3) is 11.8 Å². The van der Waals surface area contributed by atoms with Crippen LogP contribution in [0.25, 0.3) is 34.3 Å². The number of ether oxygens (including phenoxy) is 1. The molecular weight excluding hydrogens is 547 g/mol. The Morgan fingerprint density at radius 1 is 1.07 bits per heavy atom. The van der Waals surface area contributed by atoms with Gasteiger partial charge in [-0.15, -0.1) is 0 Å². The van der Waals surface area contributed by atoms with Gasteiger partial charge in [0, 0.05) is 44.3 Å². The van der Waals surface area contributed by atoms with Crippen LogP contribution in [-0.2, 0) is 20.5 Å². The van der Waals surface area contributed by atoms with Crippen LogP contribution < -0.4 is 5.32 Å². The molecule has 1 aliphatic heterocycles. The molecule has 5 rings (SSSR count). The van der Waals surface area contributed by atoms with E-state index in [1.807, 2.05) is 0 Å². The number of benzene rings is 2. The van der Waals surface area contributed by atoms with Gasteiger partial charge in [0.2, 0.25) is 17.5 Å². The van der Waals surface area contributed by atoms with Crippen LogP contribution in [0.5, 0.6) is 0 Å². The molecule has 0 spiro atoms. The van der Waals surface area contributed by atoms with Crippen LogP contribution >= 0.6 is 0 Å². The normalized spacial score (nSPS) is 14.5. The van der Waals surface area contributed by atoms with Crippen molar-refractivity contribution >= 4 is 11.8 Å². The summed E-state index contributed by atoms with van der Waals surface area (Å²) in [7, 11) is 1.58. The van der Waals surface area contributed by atoms with Crippen molar-refractivity contribution < 1.29 is 41.6 Å². The number of aliphatic hydroxyl groups excluding tert-OH is 1. The Labute approximate surface area is 230 Å². The predicted octanol–water partition coefficient (Wildman–Crippen LogP) is 3.47. The second-order valence-electron chi connectivity index (χ2n) is 9.24. The van der Waals surface area contributed by atoms with E-state index < -0.39 is 41.1 Å². The smallest absolute Gasteiger partial charge is 0.378 e. The van der Waals surface area contributed by atoms with E-state index in [0.29, 0.717) is 18.7 Å². The minimum atomic E-state index is -4.82. The van der Waals surface area contributed by atoms with E-state index in [2.05, 4.69) is 20.6 Å². The molecule has 0 aliphatic carbocycles. The van der Waals surface area contributed by atoms with E-state index in [9.17, 15) is 27.9 Å². The SMILES string of the molecule is COC1CN(C(=O)CCNC(=O)[C@@H](O)c2ccc(-c3noc(-c4onc(-c5ccccc5)c4C(F)(F)F)n3)cc2)C1. The number of rotatable bonds is 9. The van der Waals surface area contributed by atoms with Gasteiger partial charge in [0.1, 0.15) is 11.3 Å². The van der Waals surface area contributed by atoms with Gasteiger partial charge in [0.05, 0.1) is 6.10 Å². The van der Waals surface area contributed by atoms with Crippen LogP contribution in [0.4, 0.5) is 13.2 Å². The first-order valence-corrected chi connectivity index (χ1v) is 12.5. The minimum absolute atomic E-state index is 0.0318. The maximum absolute atomic E-state index is 14.0. The van der Waals surface area contributed by atoms with Crippen molar-refractivity contribution in [1.82, 2.24) is 25.5 Å². The van der Waals surface area contributed by atoms with Crippen molar-refractivity contribution in [2.75, 3.05) is 26.7 Å². The molecule has 0 unspecified atom stereocenters. The van der Waals surface area contributed by atoms with Crippen LogP contribution in [0.1, 0.15) is 23.7 Å². The average molecular weight is 572 g/mol. The quantitative estimate of drug-likeness (QED) is 0.309. The number of likely N-dealkylation sites (tertiary alicyclic amines) is 1. The first-order chi connectivity index (χ1) is 19.7. The molecule has 1 fully saturated rings. The third kappa shape index (κ3) is 5.98. The lowest BCUT2D eigenvalue weighted by Crippen LogP contribution is -2.54. The average Bonchev–Trinajstić information content (AvgIpc) is 3.60. The van der Waals surface area contributed by atoms with Crippen molar-refractivity contribution in [2.24, 2.45) is 0 Å². The zero-order valence-corrected chi connectivity index (χ0v) is 21.6. The maximum atomic E-state index is 14.0. The van der Waals surface area contributed by atoms with Gasteiger partial charge in [-0.1, -0.05) is 64.9 Å². The molecule has 0 radical (unpaired) electrons. The van der Waals surface area contributed by atoms with E-state index in [1.165, 1.54) is 36.4 Å². The monoisotopic (exact) mass is 571 g/mol. The number of nitrogens with zero attached hydrogens (tertiary/aromatic N) is 4. The van der Waals surface area contributed by atoms with E-state index in [4.69, 9.17) is 13.8 Å². The lowest BCUT2D eigenvalue weighted by atomic mass is 10.1. The fraction of sp³-hybridized carbons (Fsp3) is 0.296. The number of hydrogen-bond acceptors (Lipinski definition) is 9. The number of aliphatic hydroxyl groups is 1. The molecule has 14 heteroatoms.